The van der Waals surface area contributed by atoms with Crippen molar-refractivity contribution in [2.45, 2.75) is 33.7 Å². The number of nitrogens with one attached hydrogen (secondary N) is 2. The molecule has 0 spiro atoms. The summed E-state index contributed by atoms with van der Waals surface area (Å²) in [5.41, 5.74) is 3.34. The molecule has 2 aromatic rings. The van der Waals surface area contributed by atoms with Crippen LogP contribution in [0.4, 0.5) is 0 Å². The Balaban J connectivity index is 2.22. The van der Waals surface area contributed by atoms with Crippen molar-refractivity contribution >= 4 is 11.8 Å². The molecule has 0 bridgehead atoms. The average Bonchev–Trinajstić information content (AvgIpc) is 2.90. The summed E-state index contributed by atoms with van der Waals surface area (Å²) in [6.45, 7) is 7.57. The summed E-state index contributed by atoms with van der Waals surface area (Å²) < 4.78 is 5.41. The van der Waals surface area contributed by atoms with Crippen LogP contribution in [0.2, 0.25) is 0 Å². The van der Waals surface area contributed by atoms with E-state index in [1.165, 1.54) is 0 Å². The van der Waals surface area contributed by atoms with Crippen LogP contribution in [0.1, 0.15) is 57.7 Å². The predicted molar refractivity (Wildman–Crippen MR) is 88.9 cm³/mol. The van der Waals surface area contributed by atoms with Gasteiger partial charge in [0.25, 0.3) is 11.8 Å². The zero-order chi connectivity index (χ0) is 17.9. The second-order valence-corrected chi connectivity index (χ2v) is 6.08. The van der Waals surface area contributed by atoms with Gasteiger partial charge in [0.15, 0.2) is 0 Å². The Kier molecular flexibility index (Phi) is 5.41. The molecule has 1 atom stereocenters. The van der Waals surface area contributed by atoms with E-state index in [-0.39, 0.29) is 17.9 Å². The molecule has 6 nitrogen and oxygen atoms in total. The van der Waals surface area contributed by atoms with Crippen LogP contribution in [0.3, 0.4) is 0 Å². The second kappa shape index (κ2) is 7.31. The van der Waals surface area contributed by atoms with Crippen molar-refractivity contribution in [2.75, 3.05) is 0 Å². The molecule has 0 fully saturated rings. The van der Waals surface area contributed by atoms with E-state index in [1.54, 1.807) is 49.7 Å². The highest BCUT2D eigenvalue weighted by Gasteiger charge is 2.22. The minimum absolute atomic E-state index is 0.153. The summed E-state index contributed by atoms with van der Waals surface area (Å²) in [6, 6.07) is 8.26. The van der Waals surface area contributed by atoms with Gasteiger partial charge in [-0.25, -0.2) is 5.48 Å². The van der Waals surface area contributed by atoms with Gasteiger partial charge in [0.05, 0.1) is 11.6 Å². The predicted octanol–water partition coefficient (Wildman–Crippen LogP) is 3.14. The largest absolute Gasteiger partial charge is 0.466 e. The lowest BCUT2D eigenvalue weighted by atomic mass is 9.94. The molecule has 24 heavy (non-hydrogen) atoms. The maximum atomic E-state index is 12.5. The van der Waals surface area contributed by atoms with Gasteiger partial charge in [-0.3, -0.25) is 14.8 Å². The van der Waals surface area contributed by atoms with E-state index in [0.717, 1.165) is 5.56 Å². The first-order chi connectivity index (χ1) is 11.3. The lowest BCUT2D eigenvalue weighted by molar-refractivity contribution is 0.0706. The summed E-state index contributed by atoms with van der Waals surface area (Å²) in [7, 11) is 0. The lowest BCUT2D eigenvalue weighted by Crippen LogP contribution is -2.32. The fourth-order valence-corrected chi connectivity index (χ4v) is 2.62. The van der Waals surface area contributed by atoms with E-state index in [2.05, 4.69) is 5.32 Å². The summed E-state index contributed by atoms with van der Waals surface area (Å²) in [6.07, 6.45) is 0. The van der Waals surface area contributed by atoms with Gasteiger partial charge < -0.3 is 9.73 Å². The molecule has 0 radical (unpaired) electrons. The SMILES string of the molecule is Cc1cc(C(=O)NC(c2ccc(C(=O)NO)cc2)C(C)C)c(C)o1. The number of benzene rings is 1. The number of carbonyl (C=O) groups is 2. The molecular weight excluding hydrogens is 308 g/mol. The molecule has 3 N–H and O–H groups in total. The number of amides is 2. The topological polar surface area (TPSA) is 91.6 Å². The Bertz CT molecular complexity index is 732. The van der Waals surface area contributed by atoms with E-state index in [0.29, 0.717) is 22.6 Å². The van der Waals surface area contributed by atoms with Crippen LogP contribution < -0.4 is 10.8 Å². The van der Waals surface area contributed by atoms with E-state index < -0.39 is 5.91 Å². The normalized spacial score (nSPS) is 12.1. The quantitative estimate of drug-likeness (QED) is 0.580. The number of hydroxylamine groups is 1. The summed E-state index contributed by atoms with van der Waals surface area (Å²) >= 11 is 0. The first-order valence-corrected chi connectivity index (χ1v) is 7.75. The molecule has 0 aliphatic heterocycles. The summed E-state index contributed by atoms with van der Waals surface area (Å²) in [5, 5.41) is 11.7. The first kappa shape index (κ1) is 17.7. The zero-order valence-corrected chi connectivity index (χ0v) is 14.2. The molecule has 6 heteroatoms. The van der Waals surface area contributed by atoms with E-state index in [1.807, 2.05) is 13.8 Å². The molecule has 0 aliphatic carbocycles. The van der Waals surface area contributed by atoms with Gasteiger partial charge in [-0.15, -0.1) is 0 Å². The van der Waals surface area contributed by atoms with E-state index in [4.69, 9.17) is 9.62 Å². The van der Waals surface area contributed by atoms with Gasteiger partial charge in [0, 0.05) is 5.56 Å². The average molecular weight is 330 g/mol. The molecule has 0 aliphatic rings. The van der Waals surface area contributed by atoms with Crippen LogP contribution in [0.15, 0.2) is 34.7 Å². The number of hydrogen-bond donors (Lipinski definition) is 3. The minimum Gasteiger partial charge on any atom is -0.466 e. The maximum Gasteiger partial charge on any atom is 0.274 e. The van der Waals surface area contributed by atoms with Crippen molar-refractivity contribution in [2.24, 2.45) is 5.92 Å². The van der Waals surface area contributed by atoms with Gasteiger partial charge in [-0.1, -0.05) is 26.0 Å². The maximum absolute atomic E-state index is 12.5. The molecule has 128 valence electrons. The highest BCUT2D eigenvalue weighted by Crippen LogP contribution is 2.24. The third-order valence-corrected chi connectivity index (χ3v) is 3.87. The smallest absolute Gasteiger partial charge is 0.274 e. The Morgan fingerprint density at radius 3 is 2.17 bits per heavy atom. The number of hydrogen-bond acceptors (Lipinski definition) is 4. The van der Waals surface area contributed by atoms with Crippen molar-refractivity contribution in [1.82, 2.24) is 10.8 Å². The highest BCUT2D eigenvalue weighted by molar-refractivity contribution is 5.95. The van der Waals surface area contributed by atoms with E-state index >= 15 is 0 Å². The number of carbonyl (C=O) groups excluding carboxylic acids is 2. The Morgan fingerprint density at radius 2 is 1.71 bits per heavy atom. The molecule has 2 amide bonds. The van der Waals surface area contributed by atoms with Crippen LogP contribution in [0.25, 0.3) is 0 Å². The zero-order valence-electron chi connectivity index (χ0n) is 14.2. The number of rotatable bonds is 5. The van der Waals surface area contributed by atoms with Crippen molar-refractivity contribution in [1.29, 1.82) is 0 Å². The lowest BCUT2D eigenvalue weighted by Gasteiger charge is -2.23. The van der Waals surface area contributed by atoms with Crippen LogP contribution in [-0.4, -0.2) is 17.0 Å². The molecule has 1 aromatic heterocycles. The fraction of sp³-hybridized carbons (Fsp3) is 0.333. The monoisotopic (exact) mass is 330 g/mol. The van der Waals surface area contributed by atoms with Crippen LogP contribution in [0, 0.1) is 19.8 Å². The van der Waals surface area contributed by atoms with Gasteiger partial charge in [0.2, 0.25) is 0 Å². The van der Waals surface area contributed by atoms with Crippen molar-refractivity contribution in [3.05, 3.63) is 58.5 Å². The third kappa shape index (κ3) is 3.83. The number of aryl methyl sites for hydroxylation is 2. The van der Waals surface area contributed by atoms with Crippen LogP contribution in [0.5, 0.6) is 0 Å². The van der Waals surface area contributed by atoms with Crippen molar-refractivity contribution in [3.8, 4) is 0 Å². The molecule has 2 rings (SSSR count). The molecule has 1 aromatic carbocycles. The second-order valence-electron chi connectivity index (χ2n) is 6.08. The van der Waals surface area contributed by atoms with Gasteiger partial charge in [-0.05, 0) is 43.5 Å². The minimum atomic E-state index is -0.573. The summed E-state index contributed by atoms with van der Waals surface area (Å²) in [4.78, 5) is 23.9. The van der Waals surface area contributed by atoms with Gasteiger partial charge >= 0.3 is 0 Å². The van der Waals surface area contributed by atoms with E-state index in [9.17, 15) is 9.59 Å². The highest BCUT2D eigenvalue weighted by atomic mass is 16.5. The first-order valence-electron chi connectivity index (χ1n) is 7.75. The Morgan fingerprint density at radius 1 is 1.08 bits per heavy atom. The number of furan rings is 1. The summed E-state index contributed by atoms with van der Waals surface area (Å²) in [5.74, 6) is 0.664. The molecule has 1 unspecified atom stereocenters. The molecule has 1 heterocycles. The van der Waals surface area contributed by atoms with Crippen molar-refractivity contribution < 1.29 is 19.2 Å². The molecule has 0 saturated carbocycles. The Hall–Kier alpha value is -2.60. The van der Waals surface area contributed by atoms with Crippen LogP contribution in [-0.2, 0) is 0 Å². The molecular formula is C18H22N2O4. The van der Waals surface area contributed by atoms with Gasteiger partial charge in [-0.2, -0.15) is 0 Å². The van der Waals surface area contributed by atoms with Gasteiger partial charge in [0.1, 0.15) is 11.5 Å². The van der Waals surface area contributed by atoms with Crippen LogP contribution >= 0.6 is 0 Å². The standard InChI is InChI=1S/C18H22N2O4/c1-10(2)16(13-5-7-14(8-6-13)17(21)20-23)19-18(22)15-9-11(3)24-12(15)4/h5-10,16,23H,1-4H3,(H,19,22)(H,20,21). The van der Waals surface area contributed by atoms with Crippen molar-refractivity contribution in [3.63, 3.8) is 0 Å². The fourth-order valence-electron chi connectivity index (χ4n) is 2.62. The third-order valence-electron chi connectivity index (χ3n) is 3.87. The molecule has 0 saturated heterocycles. The Labute approximate surface area is 140 Å².